The van der Waals surface area contributed by atoms with Crippen LogP contribution in [0.3, 0.4) is 0 Å². The summed E-state index contributed by atoms with van der Waals surface area (Å²) in [5, 5.41) is 13.3. The Balaban J connectivity index is 1.69. The molecule has 7 heteroatoms. The van der Waals surface area contributed by atoms with Gasteiger partial charge in [-0.05, 0) is 36.2 Å². The Morgan fingerprint density at radius 2 is 2.28 bits per heavy atom. The fraction of sp³-hybridized carbons (Fsp3) is 0.611. The molecule has 0 radical (unpaired) electrons. The Labute approximate surface area is 161 Å². The molecule has 0 saturated heterocycles. The van der Waals surface area contributed by atoms with Crippen LogP contribution in [0.5, 0.6) is 0 Å². The second-order valence-electron chi connectivity index (χ2n) is 7.46. The van der Waals surface area contributed by atoms with Gasteiger partial charge in [0.2, 0.25) is 5.91 Å². The van der Waals surface area contributed by atoms with E-state index in [1.165, 1.54) is 16.6 Å². The van der Waals surface area contributed by atoms with Crippen molar-refractivity contribution in [1.29, 1.82) is 5.26 Å². The normalized spacial score (nSPS) is 19.9. The second-order valence-corrected chi connectivity index (χ2v) is 10.9. The van der Waals surface area contributed by atoms with Gasteiger partial charge in [-0.15, -0.1) is 11.3 Å². The van der Waals surface area contributed by atoms with Crippen LogP contribution in [0.1, 0.15) is 43.2 Å². The van der Waals surface area contributed by atoms with E-state index >= 15 is 0 Å². The lowest BCUT2D eigenvalue weighted by Gasteiger charge is -2.33. The number of nitrogens with zero attached hydrogens (tertiary/aromatic N) is 2. The molecule has 3 rings (SSSR count). The average Bonchev–Trinajstić information content (AvgIpc) is 3.18. The molecule has 0 spiro atoms. The molecule has 0 unspecified atom stereocenters. The average molecular weight is 394 g/mol. The first kappa shape index (κ1) is 18.8. The van der Waals surface area contributed by atoms with Crippen LogP contribution in [0.4, 0.5) is 5.00 Å². The fourth-order valence-corrected chi connectivity index (χ4v) is 6.33. The number of rotatable bonds is 3. The molecule has 1 aliphatic heterocycles. The van der Waals surface area contributed by atoms with Gasteiger partial charge in [-0.25, -0.2) is 0 Å². The van der Waals surface area contributed by atoms with E-state index in [0.717, 1.165) is 46.5 Å². The van der Waals surface area contributed by atoms with E-state index in [-0.39, 0.29) is 11.3 Å². The zero-order valence-electron chi connectivity index (χ0n) is 14.8. The van der Waals surface area contributed by atoms with Crippen LogP contribution in [-0.2, 0) is 17.6 Å². The van der Waals surface area contributed by atoms with Gasteiger partial charge < -0.3 is 5.32 Å². The zero-order chi connectivity index (χ0) is 18.0. The summed E-state index contributed by atoms with van der Waals surface area (Å²) < 4.78 is 0.995. The molecule has 0 saturated carbocycles. The maximum atomic E-state index is 12.3. The number of anilines is 1. The molecule has 1 aliphatic carbocycles. The number of nitrogens with one attached hydrogen (secondary N) is 1. The maximum Gasteiger partial charge on any atom is 0.235 e. The molecule has 25 heavy (non-hydrogen) atoms. The number of nitriles is 1. The Kier molecular flexibility index (Phi) is 5.81. The topological polar surface area (TPSA) is 65.2 Å². The third kappa shape index (κ3) is 4.42. The van der Waals surface area contributed by atoms with Crippen molar-refractivity contribution in [1.82, 2.24) is 0 Å². The molecule has 0 bridgehead atoms. The van der Waals surface area contributed by atoms with Gasteiger partial charge in [-0.1, -0.05) is 44.3 Å². The molecule has 1 N–H and O–H groups in total. The van der Waals surface area contributed by atoms with E-state index in [1.54, 1.807) is 23.1 Å². The van der Waals surface area contributed by atoms with E-state index in [4.69, 9.17) is 0 Å². The molecule has 0 aromatic carbocycles. The van der Waals surface area contributed by atoms with E-state index in [1.807, 2.05) is 0 Å². The summed E-state index contributed by atoms with van der Waals surface area (Å²) in [4.78, 5) is 17.9. The van der Waals surface area contributed by atoms with Crippen molar-refractivity contribution in [3.63, 3.8) is 0 Å². The lowest BCUT2D eigenvalue weighted by atomic mass is 9.72. The van der Waals surface area contributed by atoms with Gasteiger partial charge in [0.25, 0.3) is 0 Å². The highest BCUT2D eigenvalue weighted by atomic mass is 32.2. The first-order chi connectivity index (χ1) is 11.9. The maximum absolute atomic E-state index is 12.3. The summed E-state index contributed by atoms with van der Waals surface area (Å²) in [6.45, 7) is 7.70. The molecular formula is C18H23N3OS3. The number of thioether (sulfide) groups is 2. The Bertz CT molecular complexity index is 740. The first-order valence-electron chi connectivity index (χ1n) is 8.53. The van der Waals surface area contributed by atoms with Crippen LogP contribution in [0.25, 0.3) is 0 Å². The predicted octanol–water partition coefficient (Wildman–Crippen LogP) is 4.55. The third-order valence-electron chi connectivity index (χ3n) is 4.74. The summed E-state index contributed by atoms with van der Waals surface area (Å²) in [7, 11) is 0. The standard InChI is InChI=1S/C18H23N3OS3/c1-18(2,3)11-4-5-12-13(9-19)16(25-14(12)8-11)21-15(22)10-24-17-20-6-7-23-17/h11H,4-8,10H2,1-3H3,(H,21,22)/t11-/m1/s1. The molecule has 4 nitrogen and oxygen atoms in total. The minimum atomic E-state index is -0.0531. The zero-order valence-corrected chi connectivity index (χ0v) is 17.3. The first-order valence-corrected chi connectivity index (χ1v) is 11.3. The van der Waals surface area contributed by atoms with E-state index in [2.05, 4.69) is 37.1 Å². The number of thiophene rings is 1. The molecule has 1 aromatic heterocycles. The van der Waals surface area contributed by atoms with Crippen molar-refractivity contribution in [2.45, 2.75) is 40.0 Å². The van der Waals surface area contributed by atoms with Crippen molar-refractivity contribution < 1.29 is 4.79 Å². The van der Waals surface area contributed by atoms with E-state index in [0.29, 0.717) is 17.2 Å². The summed E-state index contributed by atoms with van der Waals surface area (Å²) in [5.74, 6) is 1.93. The van der Waals surface area contributed by atoms with Crippen molar-refractivity contribution in [3.8, 4) is 6.07 Å². The molecule has 2 heterocycles. The molecule has 1 atom stereocenters. The number of amides is 1. The van der Waals surface area contributed by atoms with Gasteiger partial charge in [0, 0.05) is 10.6 Å². The van der Waals surface area contributed by atoms with Crippen LogP contribution in [0, 0.1) is 22.7 Å². The van der Waals surface area contributed by atoms with Gasteiger partial charge in [-0.3, -0.25) is 9.79 Å². The molecule has 1 aromatic rings. The monoisotopic (exact) mass is 393 g/mol. The SMILES string of the molecule is CC(C)(C)[C@@H]1CCc2c(sc(NC(=O)CSC3=NCCS3)c2C#N)C1. The highest BCUT2D eigenvalue weighted by Gasteiger charge is 2.32. The Morgan fingerprint density at radius 3 is 2.92 bits per heavy atom. The van der Waals surface area contributed by atoms with Crippen LogP contribution in [0.2, 0.25) is 0 Å². The summed E-state index contributed by atoms with van der Waals surface area (Å²) in [5.41, 5.74) is 2.11. The number of aliphatic imine (C=N–C) groups is 1. The smallest absolute Gasteiger partial charge is 0.235 e. The lowest BCUT2D eigenvalue weighted by Crippen LogP contribution is -2.26. The number of carbonyl (C=O) groups excluding carboxylic acids is 1. The molecule has 134 valence electrons. The number of fused-ring (bicyclic) bond motifs is 1. The van der Waals surface area contributed by atoms with Crippen molar-refractivity contribution in [2.75, 3.05) is 23.4 Å². The lowest BCUT2D eigenvalue weighted by molar-refractivity contribution is -0.113. The Hall–Kier alpha value is -0.970. The van der Waals surface area contributed by atoms with Crippen LogP contribution in [-0.4, -0.2) is 28.3 Å². The van der Waals surface area contributed by atoms with Crippen LogP contribution < -0.4 is 5.32 Å². The van der Waals surface area contributed by atoms with Crippen LogP contribution >= 0.6 is 34.9 Å². The summed E-state index contributed by atoms with van der Waals surface area (Å²) >= 11 is 4.79. The minimum absolute atomic E-state index is 0.0531. The molecule has 2 aliphatic rings. The third-order valence-corrected chi connectivity index (χ3v) is 8.16. The summed E-state index contributed by atoms with van der Waals surface area (Å²) in [6.07, 6.45) is 3.06. The molecule has 0 fully saturated rings. The highest BCUT2D eigenvalue weighted by Crippen LogP contribution is 2.44. The van der Waals surface area contributed by atoms with Crippen LogP contribution in [0.15, 0.2) is 4.99 Å². The van der Waals surface area contributed by atoms with Gasteiger partial charge in [0.1, 0.15) is 15.4 Å². The van der Waals surface area contributed by atoms with Gasteiger partial charge >= 0.3 is 0 Å². The number of carbonyl (C=O) groups is 1. The van der Waals surface area contributed by atoms with E-state index in [9.17, 15) is 10.1 Å². The van der Waals surface area contributed by atoms with E-state index < -0.39 is 0 Å². The van der Waals surface area contributed by atoms with Crippen molar-refractivity contribution in [3.05, 3.63) is 16.0 Å². The highest BCUT2D eigenvalue weighted by molar-refractivity contribution is 8.39. The molecular weight excluding hydrogens is 370 g/mol. The predicted molar refractivity (Wildman–Crippen MR) is 110 cm³/mol. The van der Waals surface area contributed by atoms with Crippen molar-refractivity contribution in [2.24, 2.45) is 16.3 Å². The number of hydrogen-bond donors (Lipinski definition) is 1. The van der Waals surface area contributed by atoms with Gasteiger partial charge in [-0.2, -0.15) is 5.26 Å². The van der Waals surface area contributed by atoms with Crippen molar-refractivity contribution >= 4 is 50.1 Å². The quantitative estimate of drug-likeness (QED) is 0.818. The van der Waals surface area contributed by atoms with Gasteiger partial charge in [0.15, 0.2) is 0 Å². The molecule has 1 amide bonds. The summed E-state index contributed by atoms with van der Waals surface area (Å²) in [6, 6.07) is 2.32. The fourth-order valence-electron chi connectivity index (χ4n) is 3.22. The Morgan fingerprint density at radius 1 is 1.48 bits per heavy atom. The largest absolute Gasteiger partial charge is 0.316 e. The minimum Gasteiger partial charge on any atom is -0.316 e. The van der Waals surface area contributed by atoms with Gasteiger partial charge in [0.05, 0.1) is 17.9 Å². The number of hydrogen-bond acceptors (Lipinski definition) is 6. The second kappa shape index (κ2) is 7.73.